The van der Waals surface area contributed by atoms with E-state index in [1.807, 2.05) is 0 Å². The summed E-state index contributed by atoms with van der Waals surface area (Å²) in [5.41, 5.74) is 0. The number of thiol groups is 4. The van der Waals surface area contributed by atoms with Crippen LogP contribution in [0.4, 0.5) is 0 Å². The molecule has 0 aliphatic heterocycles. The maximum atomic E-state index is 0. The summed E-state index contributed by atoms with van der Waals surface area (Å²) in [4.78, 5) is 0. The normalized spacial score (nSPS) is 0. The van der Waals surface area contributed by atoms with Gasteiger partial charge in [0.25, 0.3) is 0 Å². The fourth-order valence-electron chi connectivity index (χ4n) is 0. The Balaban J connectivity index is 0. The minimum absolute atomic E-state index is 0. The van der Waals surface area contributed by atoms with E-state index in [1.54, 1.807) is 0 Å². The van der Waals surface area contributed by atoms with Crippen molar-refractivity contribution in [3.05, 3.63) is 7.43 Å². The SMILES string of the molecule is [C+4].[SH-].[SH-].[SH-].[SH-]. The number of hydrogen-bond donors (Lipinski definition) is 0. The van der Waals surface area contributed by atoms with E-state index >= 15 is 0 Å². The molecule has 0 saturated heterocycles. The first-order valence-corrected chi connectivity index (χ1v) is 0. The molecule has 0 fully saturated rings. The fourth-order valence-corrected chi connectivity index (χ4v) is 0. The monoisotopic (exact) mass is 144 g/mol. The maximum Gasteiger partial charge on any atom is 4.00 e. The number of hydrogen-bond acceptors (Lipinski definition) is 4. The molecule has 0 saturated carbocycles. The van der Waals surface area contributed by atoms with Crippen molar-refractivity contribution in [2.45, 2.75) is 0 Å². The third kappa shape index (κ3) is 31.8. The Kier molecular flexibility index (Phi) is 1020. The number of rotatable bonds is 0. The van der Waals surface area contributed by atoms with E-state index in [4.69, 9.17) is 0 Å². The van der Waals surface area contributed by atoms with Gasteiger partial charge in [0.1, 0.15) is 0 Å². The minimum atomic E-state index is 0. The van der Waals surface area contributed by atoms with E-state index < -0.39 is 0 Å². The van der Waals surface area contributed by atoms with Gasteiger partial charge >= 0.3 is 7.43 Å². The molecule has 0 aliphatic rings. The quantitative estimate of drug-likeness (QED) is 0.316. The maximum absolute atomic E-state index is 0. The summed E-state index contributed by atoms with van der Waals surface area (Å²) >= 11 is 0. The van der Waals surface area contributed by atoms with Crippen LogP contribution in [0.1, 0.15) is 0 Å². The second kappa shape index (κ2) is 53.3. The smallest absolute Gasteiger partial charge is 0.813 e. The molecule has 0 aromatic heterocycles. The van der Waals surface area contributed by atoms with Crippen LogP contribution < -0.4 is 0 Å². The van der Waals surface area contributed by atoms with Crippen molar-refractivity contribution < 1.29 is 0 Å². The van der Waals surface area contributed by atoms with Crippen LogP contribution in [-0.4, -0.2) is 0 Å². The molecule has 0 aromatic rings. The van der Waals surface area contributed by atoms with E-state index in [0.29, 0.717) is 0 Å². The Hall–Kier alpha value is 1.40. The molecule has 0 N–H and O–H groups in total. The molecule has 0 nitrogen and oxygen atoms in total. The van der Waals surface area contributed by atoms with E-state index in [9.17, 15) is 0 Å². The van der Waals surface area contributed by atoms with Gasteiger partial charge in [-0.15, -0.1) is 0 Å². The van der Waals surface area contributed by atoms with Crippen LogP contribution in [0.5, 0.6) is 0 Å². The summed E-state index contributed by atoms with van der Waals surface area (Å²) in [5.74, 6) is 0. The predicted molar refractivity (Wildman–Crippen MR) is 38.3 cm³/mol. The first-order valence-electron chi connectivity index (χ1n) is 0. The molecule has 0 rings (SSSR count). The van der Waals surface area contributed by atoms with Gasteiger partial charge < -0.3 is 54.0 Å². The Morgan fingerprint density at radius 2 is 0.400 bits per heavy atom. The molecule has 0 unspecified atom stereocenters. The molecule has 0 amide bonds. The van der Waals surface area contributed by atoms with E-state index in [1.165, 1.54) is 0 Å². The molecule has 0 heterocycles. The Labute approximate surface area is 61.5 Å². The van der Waals surface area contributed by atoms with Gasteiger partial charge in [-0.1, -0.05) is 0 Å². The molecule has 0 bridgehead atoms. The summed E-state index contributed by atoms with van der Waals surface area (Å²) in [6.45, 7) is 0. The molecular formula is CH4S4. The van der Waals surface area contributed by atoms with Gasteiger partial charge in [0.2, 0.25) is 0 Å². The summed E-state index contributed by atoms with van der Waals surface area (Å²) in [5, 5.41) is 0. The van der Waals surface area contributed by atoms with E-state index in [-0.39, 0.29) is 61.4 Å². The van der Waals surface area contributed by atoms with Crippen LogP contribution in [0, 0.1) is 7.43 Å². The summed E-state index contributed by atoms with van der Waals surface area (Å²) < 4.78 is 0. The van der Waals surface area contributed by atoms with Crippen molar-refractivity contribution in [2.24, 2.45) is 0 Å². The largest absolute Gasteiger partial charge is 4.00 e. The van der Waals surface area contributed by atoms with Crippen molar-refractivity contribution in [1.29, 1.82) is 0 Å². The second-order valence-corrected chi connectivity index (χ2v) is 0. The second-order valence-electron chi connectivity index (χ2n) is 0. The van der Waals surface area contributed by atoms with Gasteiger partial charge in [-0.3, -0.25) is 0 Å². The fraction of sp³-hybridized carbons (Fsp3) is 0. The average Bonchev–Trinajstić information content (AvgIpc) is 0. The van der Waals surface area contributed by atoms with Gasteiger partial charge in [0.05, 0.1) is 0 Å². The minimum Gasteiger partial charge on any atom is -0.813 e. The average molecular weight is 144 g/mol. The predicted octanol–water partition coefficient (Wildman–Crippen LogP) is -0.999. The summed E-state index contributed by atoms with van der Waals surface area (Å²) in [7, 11) is 0. The van der Waals surface area contributed by atoms with Gasteiger partial charge in [-0.05, 0) is 0 Å². The van der Waals surface area contributed by atoms with Gasteiger partial charge in [0.15, 0.2) is 0 Å². The molecule has 0 aliphatic carbocycles. The molecule has 0 radical (unpaired) electrons. The summed E-state index contributed by atoms with van der Waals surface area (Å²) in [6.07, 6.45) is 0. The van der Waals surface area contributed by atoms with Gasteiger partial charge in [-0.25, -0.2) is 0 Å². The zero-order valence-corrected chi connectivity index (χ0v) is 5.87. The van der Waals surface area contributed by atoms with Gasteiger partial charge in [-0.2, -0.15) is 0 Å². The van der Waals surface area contributed by atoms with Crippen LogP contribution in [0.25, 0.3) is 0 Å². The third-order valence-corrected chi connectivity index (χ3v) is 0. The van der Waals surface area contributed by atoms with Crippen LogP contribution in [0.3, 0.4) is 0 Å². The van der Waals surface area contributed by atoms with Crippen LogP contribution in [0.15, 0.2) is 0 Å². The Bertz CT molecular complexity index is 3.61. The topological polar surface area (TPSA) is 0 Å². The molecule has 0 spiro atoms. The molecule has 4 heteroatoms. The van der Waals surface area contributed by atoms with Crippen molar-refractivity contribution >= 4 is 54.0 Å². The molecule has 32 valence electrons. The van der Waals surface area contributed by atoms with Crippen molar-refractivity contribution in [1.82, 2.24) is 0 Å². The van der Waals surface area contributed by atoms with Gasteiger partial charge in [0, 0.05) is 0 Å². The van der Waals surface area contributed by atoms with E-state index in [0.717, 1.165) is 0 Å². The van der Waals surface area contributed by atoms with Crippen LogP contribution >= 0.6 is 0 Å². The molecule has 0 aromatic carbocycles. The van der Waals surface area contributed by atoms with Crippen LogP contribution in [0.2, 0.25) is 0 Å². The van der Waals surface area contributed by atoms with Crippen LogP contribution in [-0.2, 0) is 54.0 Å². The van der Waals surface area contributed by atoms with Crippen molar-refractivity contribution in [3.63, 3.8) is 0 Å². The first kappa shape index (κ1) is 95.2. The molecular weight excluding hydrogens is 140 g/mol. The third-order valence-electron chi connectivity index (χ3n) is 0. The Morgan fingerprint density at radius 3 is 0.400 bits per heavy atom. The Morgan fingerprint density at radius 1 is 0.400 bits per heavy atom. The van der Waals surface area contributed by atoms with Crippen molar-refractivity contribution in [3.8, 4) is 0 Å². The summed E-state index contributed by atoms with van der Waals surface area (Å²) in [6, 6.07) is 0. The first-order chi connectivity index (χ1) is 0. The molecule has 0 atom stereocenters. The molecule has 5 heavy (non-hydrogen) atoms. The zero-order valence-electron chi connectivity index (χ0n) is 2.29. The van der Waals surface area contributed by atoms with Crippen molar-refractivity contribution in [2.75, 3.05) is 0 Å². The standard InChI is InChI=1S/C.4H2S/h;4*1H2/q+4;;;;/p-4. The zero-order chi connectivity index (χ0) is 0. The van der Waals surface area contributed by atoms with E-state index in [2.05, 4.69) is 0 Å².